The number of sulfonamides is 1. The van der Waals surface area contributed by atoms with E-state index >= 15 is 0 Å². The second-order valence-corrected chi connectivity index (χ2v) is 6.05. The number of para-hydroxylation sites is 1. The van der Waals surface area contributed by atoms with Gasteiger partial charge in [-0.2, -0.15) is 0 Å². The average Bonchev–Trinajstić information content (AvgIpc) is 2.47. The molecule has 2 aromatic heterocycles. The highest BCUT2D eigenvalue weighted by Gasteiger charge is 2.17. The first kappa shape index (κ1) is 13.3. The molecular weight excluding hydrogens is 290 g/mol. The van der Waals surface area contributed by atoms with Crippen molar-refractivity contribution in [3.05, 3.63) is 65.2 Å². The SMILES string of the molecule is O=c1cc[nH]cc1S(=O)(=O)Nc1cnc2ccccc2c1. The van der Waals surface area contributed by atoms with Crippen molar-refractivity contribution in [1.29, 1.82) is 0 Å². The zero-order valence-electron chi connectivity index (χ0n) is 10.8. The van der Waals surface area contributed by atoms with Crippen LogP contribution in [-0.4, -0.2) is 18.4 Å². The lowest BCUT2D eigenvalue weighted by Gasteiger charge is -2.07. The molecule has 0 saturated heterocycles. The summed E-state index contributed by atoms with van der Waals surface area (Å²) >= 11 is 0. The minimum absolute atomic E-state index is 0.303. The predicted molar refractivity (Wildman–Crippen MR) is 79.6 cm³/mol. The molecule has 0 atom stereocenters. The Kier molecular flexibility index (Phi) is 3.19. The summed E-state index contributed by atoms with van der Waals surface area (Å²) in [5.74, 6) is 0. The number of fused-ring (bicyclic) bond motifs is 1. The van der Waals surface area contributed by atoms with Gasteiger partial charge in [0.2, 0.25) is 5.43 Å². The van der Waals surface area contributed by atoms with Crippen molar-refractivity contribution in [2.75, 3.05) is 4.72 Å². The molecule has 7 heteroatoms. The molecule has 3 rings (SSSR count). The molecule has 2 heterocycles. The Labute approximate surface area is 120 Å². The van der Waals surface area contributed by atoms with Crippen molar-refractivity contribution < 1.29 is 8.42 Å². The molecule has 3 aromatic rings. The van der Waals surface area contributed by atoms with Crippen LogP contribution in [-0.2, 0) is 10.0 Å². The fraction of sp³-hybridized carbons (Fsp3) is 0. The molecule has 0 aliphatic rings. The van der Waals surface area contributed by atoms with Crippen LogP contribution in [0.4, 0.5) is 5.69 Å². The molecule has 0 aliphatic heterocycles. The van der Waals surface area contributed by atoms with Crippen LogP contribution in [0, 0.1) is 0 Å². The smallest absolute Gasteiger partial charge is 0.267 e. The van der Waals surface area contributed by atoms with E-state index in [-0.39, 0.29) is 4.90 Å². The second-order valence-electron chi connectivity index (χ2n) is 4.40. The van der Waals surface area contributed by atoms with E-state index in [9.17, 15) is 13.2 Å². The molecule has 21 heavy (non-hydrogen) atoms. The van der Waals surface area contributed by atoms with Gasteiger partial charge in [-0.1, -0.05) is 18.2 Å². The summed E-state index contributed by atoms with van der Waals surface area (Å²) in [5.41, 5.74) is 0.491. The third kappa shape index (κ3) is 2.63. The monoisotopic (exact) mass is 301 g/mol. The van der Waals surface area contributed by atoms with Gasteiger partial charge in [0.1, 0.15) is 0 Å². The number of aromatic amines is 1. The molecule has 0 fully saturated rings. The number of nitrogens with one attached hydrogen (secondary N) is 2. The molecular formula is C14H11N3O3S. The summed E-state index contributed by atoms with van der Waals surface area (Å²) in [6.45, 7) is 0. The Hall–Kier alpha value is -2.67. The van der Waals surface area contributed by atoms with Crippen LogP contribution in [0.1, 0.15) is 0 Å². The van der Waals surface area contributed by atoms with Crippen LogP contribution in [0.5, 0.6) is 0 Å². The van der Waals surface area contributed by atoms with E-state index in [0.29, 0.717) is 5.69 Å². The number of aromatic nitrogens is 2. The number of anilines is 1. The summed E-state index contributed by atoms with van der Waals surface area (Å²) in [5, 5.41) is 0.805. The van der Waals surface area contributed by atoms with Gasteiger partial charge in [-0.3, -0.25) is 14.5 Å². The van der Waals surface area contributed by atoms with E-state index in [4.69, 9.17) is 0 Å². The van der Waals surface area contributed by atoms with E-state index < -0.39 is 15.5 Å². The topological polar surface area (TPSA) is 91.9 Å². The summed E-state index contributed by atoms with van der Waals surface area (Å²) in [6, 6.07) is 10.2. The van der Waals surface area contributed by atoms with Gasteiger partial charge in [-0.15, -0.1) is 0 Å². The molecule has 0 spiro atoms. The average molecular weight is 301 g/mol. The van der Waals surface area contributed by atoms with E-state index in [0.717, 1.165) is 23.2 Å². The molecule has 0 amide bonds. The van der Waals surface area contributed by atoms with Gasteiger partial charge in [-0.05, 0) is 12.1 Å². The molecule has 0 saturated carbocycles. The highest BCUT2D eigenvalue weighted by molar-refractivity contribution is 7.92. The minimum Gasteiger partial charge on any atom is -0.366 e. The molecule has 106 valence electrons. The molecule has 0 unspecified atom stereocenters. The Balaban J connectivity index is 2.01. The number of nitrogens with zero attached hydrogens (tertiary/aromatic N) is 1. The number of hydrogen-bond acceptors (Lipinski definition) is 4. The van der Waals surface area contributed by atoms with Gasteiger partial charge in [0.05, 0.1) is 17.4 Å². The lowest BCUT2D eigenvalue weighted by molar-refractivity contribution is 0.600. The van der Waals surface area contributed by atoms with Gasteiger partial charge in [0.25, 0.3) is 10.0 Å². The zero-order valence-corrected chi connectivity index (χ0v) is 11.6. The number of benzene rings is 1. The summed E-state index contributed by atoms with van der Waals surface area (Å²) in [4.78, 5) is 18.0. The maximum absolute atomic E-state index is 12.2. The number of hydrogen-bond donors (Lipinski definition) is 2. The van der Waals surface area contributed by atoms with E-state index in [2.05, 4.69) is 14.7 Å². The van der Waals surface area contributed by atoms with Crippen molar-refractivity contribution in [2.45, 2.75) is 4.90 Å². The third-order valence-electron chi connectivity index (χ3n) is 2.92. The van der Waals surface area contributed by atoms with Crippen LogP contribution < -0.4 is 10.2 Å². The highest BCUT2D eigenvalue weighted by Crippen LogP contribution is 2.18. The number of H-pyrrole nitrogens is 1. The Bertz CT molecular complexity index is 964. The van der Waals surface area contributed by atoms with Gasteiger partial charge in [-0.25, -0.2) is 8.42 Å². The lowest BCUT2D eigenvalue weighted by Crippen LogP contribution is -2.20. The molecule has 2 N–H and O–H groups in total. The van der Waals surface area contributed by atoms with Crippen LogP contribution in [0.25, 0.3) is 10.9 Å². The number of rotatable bonds is 3. The van der Waals surface area contributed by atoms with Crippen molar-refractivity contribution in [3.63, 3.8) is 0 Å². The highest BCUT2D eigenvalue weighted by atomic mass is 32.2. The Morgan fingerprint density at radius 3 is 2.76 bits per heavy atom. The largest absolute Gasteiger partial charge is 0.366 e. The van der Waals surface area contributed by atoms with Gasteiger partial charge >= 0.3 is 0 Å². The van der Waals surface area contributed by atoms with Crippen molar-refractivity contribution >= 4 is 26.6 Å². The van der Waals surface area contributed by atoms with Crippen molar-refractivity contribution in [2.24, 2.45) is 0 Å². The summed E-state index contributed by atoms with van der Waals surface area (Å²) in [7, 11) is -3.95. The molecule has 6 nitrogen and oxygen atoms in total. The molecule has 0 radical (unpaired) electrons. The van der Waals surface area contributed by atoms with Gasteiger partial charge in [0, 0.05) is 23.8 Å². The zero-order chi connectivity index (χ0) is 14.9. The van der Waals surface area contributed by atoms with Crippen LogP contribution in [0.15, 0.2) is 64.7 Å². The van der Waals surface area contributed by atoms with Crippen molar-refractivity contribution in [3.8, 4) is 0 Å². The summed E-state index contributed by atoms with van der Waals surface area (Å²) in [6.07, 6.45) is 3.94. The first-order valence-electron chi connectivity index (χ1n) is 6.11. The second kappa shape index (κ2) is 5.02. The molecule has 0 aliphatic carbocycles. The first-order chi connectivity index (χ1) is 10.1. The van der Waals surface area contributed by atoms with Gasteiger partial charge < -0.3 is 4.98 Å². The first-order valence-corrected chi connectivity index (χ1v) is 7.59. The van der Waals surface area contributed by atoms with Gasteiger partial charge in [0.15, 0.2) is 4.90 Å². The van der Waals surface area contributed by atoms with Crippen LogP contribution >= 0.6 is 0 Å². The normalized spacial score (nSPS) is 11.4. The standard InChI is InChI=1S/C14H11N3O3S/c18-13-5-6-15-9-14(13)21(19,20)17-11-7-10-3-1-2-4-12(10)16-8-11/h1-9,17H,(H,15,18). The Morgan fingerprint density at radius 1 is 1.14 bits per heavy atom. The Morgan fingerprint density at radius 2 is 1.95 bits per heavy atom. The van der Waals surface area contributed by atoms with Crippen LogP contribution in [0.3, 0.4) is 0 Å². The molecule has 0 bridgehead atoms. The maximum Gasteiger partial charge on any atom is 0.267 e. The van der Waals surface area contributed by atoms with E-state index in [1.165, 1.54) is 12.4 Å². The fourth-order valence-electron chi connectivity index (χ4n) is 1.95. The van der Waals surface area contributed by atoms with Crippen molar-refractivity contribution in [1.82, 2.24) is 9.97 Å². The minimum atomic E-state index is -3.95. The van der Waals surface area contributed by atoms with Crippen LogP contribution in [0.2, 0.25) is 0 Å². The quantitative estimate of drug-likeness (QED) is 0.770. The number of pyridine rings is 2. The van der Waals surface area contributed by atoms with E-state index in [1.807, 2.05) is 24.3 Å². The lowest BCUT2D eigenvalue weighted by atomic mass is 10.2. The fourth-order valence-corrected chi connectivity index (χ4v) is 3.04. The maximum atomic E-state index is 12.2. The summed E-state index contributed by atoms with van der Waals surface area (Å²) < 4.78 is 26.8. The predicted octanol–water partition coefficient (Wildman–Crippen LogP) is 1.72. The molecule has 1 aromatic carbocycles. The van der Waals surface area contributed by atoms with E-state index in [1.54, 1.807) is 6.07 Å². The third-order valence-corrected chi connectivity index (χ3v) is 4.32.